The van der Waals surface area contributed by atoms with E-state index in [-0.39, 0.29) is 12.3 Å². The number of carbonyl (C=O) groups is 2. The molecule has 136 valence electrons. The first-order valence-electron chi connectivity index (χ1n) is 8.42. The first-order chi connectivity index (χ1) is 11.6. The van der Waals surface area contributed by atoms with E-state index in [1.807, 2.05) is 32.8 Å². The van der Waals surface area contributed by atoms with E-state index in [0.29, 0.717) is 24.3 Å². The van der Waals surface area contributed by atoms with Crippen LogP contribution in [0.5, 0.6) is 5.75 Å². The van der Waals surface area contributed by atoms with Crippen LogP contribution < -0.4 is 10.1 Å². The summed E-state index contributed by atoms with van der Waals surface area (Å²) in [4.78, 5) is 28.9. The predicted molar refractivity (Wildman–Crippen MR) is 90.8 cm³/mol. The lowest BCUT2D eigenvalue weighted by atomic mass is 9.77. The van der Waals surface area contributed by atoms with Gasteiger partial charge >= 0.3 is 6.03 Å². The summed E-state index contributed by atoms with van der Waals surface area (Å²) in [5.41, 5.74) is -1.54. The Morgan fingerprint density at radius 1 is 1.32 bits per heavy atom. The Labute approximate surface area is 146 Å². The maximum absolute atomic E-state index is 13.8. The largest absolute Gasteiger partial charge is 0.487 e. The Kier molecular flexibility index (Phi) is 4.23. The van der Waals surface area contributed by atoms with E-state index in [2.05, 4.69) is 5.32 Å². The molecule has 0 aromatic heterocycles. The molecule has 1 atom stereocenters. The lowest BCUT2D eigenvalue weighted by Crippen LogP contribution is -2.53. The predicted octanol–water partition coefficient (Wildman–Crippen LogP) is 2.09. The number of imide groups is 1. The van der Waals surface area contributed by atoms with Crippen LogP contribution in [0, 0.1) is 5.82 Å². The molecule has 1 saturated heterocycles. The van der Waals surface area contributed by atoms with E-state index in [1.165, 1.54) is 23.1 Å². The molecule has 1 unspecified atom stereocenters. The Balaban J connectivity index is 1.97. The molecule has 1 aromatic rings. The van der Waals surface area contributed by atoms with Crippen molar-refractivity contribution in [3.05, 3.63) is 29.6 Å². The van der Waals surface area contributed by atoms with Crippen LogP contribution in [-0.2, 0) is 10.3 Å². The standard InChI is InChI=1S/C18H24FN3O3/c1-17(2)11-18(13-10-12(19)6-7-14(13)25-17)15(23)22(16(24)20-18)9-5-8-21(3)4/h6-7,10H,5,8-9,11H2,1-4H3,(H,20,24). The van der Waals surface area contributed by atoms with E-state index in [0.717, 1.165) is 6.54 Å². The summed E-state index contributed by atoms with van der Waals surface area (Å²) >= 11 is 0. The van der Waals surface area contributed by atoms with Gasteiger partial charge in [0.2, 0.25) is 0 Å². The number of fused-ring (bicyclic) bond motifs is 2. The molecule has 3 amide bonds. The van der Waals surface area contributed by atoms with E-state index < -0.39 is 23.0 Å². The second-order valence-corrected chi connectivity index (χ2v) is 7.63. The minimum absolute atomic E-state index is 0.255. The third kappa shape index (κ3) is 3.08. The molecule has 1 N–H and O–H groups in total. The smallest absolute Gasteiger partial charge is 0.325 e. The molecule has 1 spiro atoms. The first kappa shape index (κ1) is 17.7. The zero-order chi connectivity index (χ0) is 18.4. The number of amides is 3. The van der Waals surface area contributed by atoms with Gasteiger partial charge in [-0.1, -0.05) is 0 Å². The number of halogens is 1. The van der Waals surface area contributed by atoms with E-state index >= 15 is 0 Å². The van der Waals surface area contributed by atoms with Crippen LogP contribution in [0.15, 0.2) is 18.2 Å². The van der Waals surface area contributed by atoms with Crippen LogP contribution in [-0.4, -0.2) is 54.5 Å². The Hall–Kier alpha value is -2.15. The number of nitrogens with one attached hydrogen (secondary N) is 1. The van der Waals surface area contributed by atoms with Gasteiger partial charge in [-0.3, -0.25) is 9.69 Å². The number of urea groups is 1. The van der Waals surface area contributed by atoms with Crippen molar-refractivity contribution >= 4 is 11.9 Å². The molecular formula is C18H24FN3O3. The molecular weight excluding hydrogens is 325 g/mol. The van der Waals surface area contributed by atoms with Crippen LogP contribution in [0.1, 0.15) is 32.3 Å². The fourth-order valence-electron chi connectivity index (χ4n) is 3.67. The highest BCUT2D eigenvalue weighted by Crippen LogP contribution is 2.46. The average Bonchev–Trinajstić information content (AvgIpc) is 2.71. The molecule has 2 aliphatic rings. The van der Waals surface area contributed by atoms with Gasteiger partial charge in [0.25, 0.3) is 5.91 Å². The van der Waals surface area contributed by atoms with Crippen LogP contribution in [0.3, 0.4) is 0 Å². The minimum atomic E-state index is -1.27. The lowest BCUT2D eigenvalue weighted by Gasteiger charge is -2.42. The molecule has 0 saturated carbocycles. The summed E-state index contributed by atoms with van der Waals surface area (Å²) in [6.07, 6.45) is 0.934. The van der Waals surface area contributed by atoms with E-state index in [4.69, 9.17) is 4.74 Å². The highest BCUT2D eigenvalue weighted by Gasteiger charge is 2.58. The van der Waals surface area contributed by atoms with Crippen molar-refractivity contribution in [3.8, 4) is 5.75 Å². The normalized spacial score (nSPS) is 24.5. The van der Waals surface area contributed by atoms with E-state index in [9.17, 15) is 14.0 Å². The van der Waals surface area contributed by atoms with Crippen molar-refractivity contribution in [2.45, 2.75) is 37.8 Å². The summed E-state index contributed by atoms with van der Waals surface area (Å²) in [5, 5.41) is 2.82. The zero-order valence-electron chi connectivity index (χ0n) is 15.1. The van der Waals surface area contributed by atoms with Gasteiger partial charge in [0.15, 0.2) is 5.54 Å². The number of rotatable bonds is 4. The summed E-state index contributed by atoms with van der Waals surface area (Å²) in [6.45, 7) is 4.81. The van der Waals surface area contributed by atoms with Gasteiger partial charge in [0.05, 0.1) is 0 Å². The fraction of sp³-hybridized carbons (Fsp3) is 0.556. The lowest BCUT2D eigenvalue weighted by molar-refractivity contribution is -0.134. The van der Waals surface area contributed by atoms with Gasteiger partial charge in [-0.2, -0.15) is 0 Å². The van der Waals surface area contributed by atoms with Gasteiger partial charge < -0.3 is 15.0 Å². The van der Waals surface area contributed by atoms with Crippen molar-refractivity contribution in [1.82, 2.24) is 15.1 Å². The molecule has 1 aromatic carbocycles. The van der Waals surface area contributed by atoms with Crippen molar-refractivity contribution in [1.29, 1.82) is 0 Å². The minimum Gasteiger partial charge on any atom is -0.487 e. The SMILES string of the molecule is CN(C)CCCN1C(=O)NC2(CC(C)(C)Oc3ccc(F)cc32)C1=O. The van der Waals surface area contributed by atoms with Crippen molar-refractivity contribution in [2.24, 2.45) is 0 Å². The molecule has 0 aliphatic carbocycles. The molecule has 6 nitrogen and oxygen atoms in total. The van der Waals surface area contributed by atoms with Gasteiger partial charge in [-0.25, -0.2) is 9.18 Å². The van der Waals surface area contributed by atoms with Gasteiger partial charge in [-0.05, 0) is 59.1 Å². The quantitative estimate of drug-likeness (QED) is 0.846. The molecule has 0 radical (unpaired) electrons. The number of hydrogen-bond acceptors (Lipinski definition) is 4. The molecule has 0 bridgehead atoms. The van der Waals surface area contributed by atoms with Crippen LogP contribution in [0.4, 0.5) is 9.18 Å². The number of carbonyl (C=O) groups excluding carboxylic acids is 2. The summed E-state index contributed by atoms with van der Waals surface area (Å²) in [7, 11) is 3.88. The summed E-state index contributed by atoms with van der Waals surface area (Å²) < 4.78 is 19.7. The van der Waals surface area contributed by atoms with Gasteiger partial charge in [-0.15, -0.1) is 0 Å². The maximum atomic E-state index is 13.8. The van der Waals surface area contributed by atoms with Crippen LogP contribution >= 0.6 is 0 Å². The molecule has 25 heavy (non-hydrogen) atoms. The second-order valence-electron chi connectivity index (χ2n) is 7.63. The highest BCUT2D eigenvalue weighted by molar-refractivity contribution is 6.08. The van der Waals surface area contributed by atoms with Crippen LogP contribution in [0.25, 0.3) is 0 Å². The van der Waals surface area contributed by atoms with E-state index in [1.54, 1.807) is 0 Å². The third-order valence-electron chi connectivity index (χ3n) is 4.64. The molecule has 7 heteroatoms. The van der Waals surface area contributed by atoms with Gasteiger partial charge in [0.1, 0.15) is 17.2 Å². The van der Waals surface area contributed by atoms with Crippen molar-refractivity contribution in [2.75, 3.05) is 27.2 Å². The van der Waals surface area contributed by atoms with Crippen LogP contribution in [0.2, 0.25) is 0 Å². The monoisotopic (exact) mass is 349 g/mol. The third-order valence-corrected chi connectivity index (χ3v) is 4.64. The Morgan fingerprint density at radius 3 is 2.72 bits per heavy atom. The molecule has 3 rings (SSSR count). The number of ether oxygens (including phenoxy) is 1. The number of benzene rings is 1. The van der Waals surface area contributed by atoms with Crippen molar-refractivity contribution < 1.29 is 18.7 Å². The fourth-order valence-corrected chi connectivity index (χ4v) is 3.67. The second kappa shape index (κ2) is 5.98. The van der Waals surface area contributed by atoms with Crippen molar-refractivity contribution in [3.63, 3.8) is 0 Å². The highest BCUT2D eigenvalue weighted by atomic mass is 19.1. The first-order valence-corrected chi connectivity index (χ1v) is 8.42. The zero-order valence-corrected chi connectivity index (χ0v) is 15.1. The Bertz CT molecular complexity index is 720. The number of hydrogen-bond donors (Lipinski definition) is 1. The molecule has 2 heterocycles. The summed E-state index contributed by atoms with van der Waals surface area (Å²) in [6, 6.07) is 3.66. The molecule has 1 fully saturated rings. The Morgan fingerprint density at radius 2 is 2.04 bits per heavy atom. The molecule has 2 aliphatic heterocycles. The average molecular weight is 349 g/mol. The number of nitrogens with zero attached hydrogens (tertiary/aromatic N) is 2. The topological polar surface area (TPSA) is 61.9 Å². The van der Waals surface area contributed by atoms with Gasteiger partial charge in [0, 0.05) is 18.5 Å². The maximum Gasteiger partial charge on any atom is 0.325 e. The summed E-state index contributed by atoms with van der Waals surface area (Å²) in [5.74, 6) is -0.365.